The molecule has 0 aliphatic heterocycles. The highest BCUT2D eigenvalue weighted by Crippen LogP contribution is 2.58. The van der Waals surface area contributed by atoms with Gasteiger partial charge in [0.05, 0.1) is 0 Å². The van der Waals surface area contributed by atoms with Gasteiger partial charge in [0.1, 0.15) is 0 Å². The van der Waals surface area contributed by atoms with Crippen molar-refractivity contribution in [1.82, 2.24) is 5.16 Å². The summed E-state index contributed by atoms with van der Waals surface area (Å²) >= 11 is 3.51. The maximum Gasteiger partial charge on any atom is 0.172 e. The molecule has 4 rings (SSSR count). The molecule has 1 fully saturated rings. The first-order valence-electron chi connectivity index (χ1n) is 5.74. The van der Waals surface area contributed by atoms with Crippen LogP contribution in [-0.2, 0) is 11.8 Å². The van der Waals surface area contributed by atoms with Crippen molar-refractivity contribution in [3.63, 3.8) is 0 Å². The van der Waals surface area contributed by atoms with Crippen molar-refractivity contribution in [2.24, 2.45) is 0 Å². The van der Waals surface area contributed by atoms with Crippen LogP contribution >= 0.6 is 15.9 Å². The summed E-state index contributed by atoms with van der Waals surface area (Å²) in [5.41, 5.74) is 9.84. The molecule has 3 nitrogen and oxygen atoms in total. The fourth-order valence-electron chi connectivity index (χ4n) is 2.90. The van der Waals surface area contributed by atoms with Crippen LogP contribution in [-0.4, -0.2) is 5.16 Å². The SMILES string of the molecule is Nc1noc2c1CC1(CC1)c1ccc(Br)cc1-2. The lowest BCUT2D eigenvalue weighted by molar-refractivity contribution is 0.431. The molecule has 1 aromatic carbocycles. The summed E-state index contributed by atoms with van der Waals surface area (Å²) in [6.45, 7) is 0. The van der Waals surface area contributed by atoms with E-state index in [-0.39, 0.29) is 0 Å². The Balaban J connectivity index is 2.06. The smallest absolute Gasteiger partial charge is 0.172 e. The molecule has 0 radical (unpaired) electrons. The van der Waals surface area contributed by atoms with Gasteiger partial charge in [0.15, 0.2) is 11.6 Å². The number of nitrogen functional groups attached to an aromatic ring is 1. The summed E-state index contributed by atoms with van der Waals surface area (Å²) < 4.78 is 6.46. The fraction of sp³-hybridized carbons (Fsp3) is 0.308. The lowest BCUT2D eigenvalue weighted by Gasteiger charge is -2.24. The molecule has 0 amide bonds. The van der Waals surface area contributed by atoms with Crippen LogP contribution in [0.15, 0.2) is 27.2 Å². The van der Waals surface area contributed by atoms with Gasteiger partial charge in [-0.1, -0.05) is 27.2 Å². The maximum atomic E-state index is 5.89. The first-order chi connectivity index (χ1) is 8.20. The van der Waals surface area contributed by atoms with Gasteiger partial charge in [-0.25, -0.2) is 0 Å². The van der Waals surface area contributed by atoms with Gasteiger partial charge in [0.25, 0.3) is 0 Å². The van der Waals surface area contributed by atoms with Crippen LogP contribution in [0.2, 0.25) is 0 Å². The minimum absolute atomic E-state index is 0.308. The van der Waals surface area contributed by atoms with Crippen LogP contribution in [0, 0.1) is 0 Å². The maximum absolute atomic E-state index is 5.89. The first kappa shape index (κ1) is 9.71. The molecule has 1 heterocycles. The van der Waals surface area contributed by atoms with E-state index in [1.807, 2.05) is 0 Å². The summed E-state index contributed by atoms with van der Waals surface area (Å²) in [6.07, 6.45) is 3.46. The van der Waals surface area contributed by atoms with Gasteiger partial charge in [-0.05, 0) is 37.0 Å². The zero-order valence-corrected chi connectivity index (χ0v) is 10.8. The molecular weight excluding hydrogens is 280 g/mol. The number of halogens is 1. The number of hydrogen-bond acceptors (Lipinski definition) is 3. The van der Waals surface area contributed by atoms with E-state index in [4.69, 9.17) is 10.3 Å². The van der Waals surface area contributed by atoms with Gasteiger partial charge in [-0.3, -0.25) is 0 Å². The highest BCUT2D eigenvalue weighted by Gasteiger charge is 2.50. The molecule has 4 heteroatoms. The summed E-state index contributed by atoms with van der Waals surface area (Å²) in [7, 11) is 0. The molecule has 0 bridgehead atoms. The molecular formula is C13H11BrN2O. The second-order valence-electron chi connectivity index (χ2n) is 5.02. The Labute approximate surface area is 107 Å². The highest BCUT2D eigenvalue weighted by atomic mass is 79.9. The Bertz CT molecular complexity index is 628. The van der Waals surface area contributed by atoms with Gasteiger partial charge in [0.2, 0.25) is 0 Å². The third-order valence-corrected chi connectivity index (χ3v) is 4.48. The number of nitrogens with two attached hydrogens (primary N) is 1. The summed E-state index contributed by atoms with van der Waals surface area (Å²) in [5.74, 6) is 1.41. The number of nitrogens with zero attached hydrogens (tertiary/aromatic N) is 1. The van der Waals surface area contributed by atoms with Crippen LogP contribution < -0.4 is 5.73 Å². The van der Waals surface area contributed by atoms with E-state index in [1.165, 1.54) is 18.4 Å². The van der Waals surface area contributed by atoms with Gasteiger partial charge in [0, 0.05) is 21.0 Å². The lowest BCUT2D eigenvalue weighted by Crippen LogP contribution is -2.17. The van der Waals surface area contributed by atoms with Crippen LogP contribution in [0.5, 0.6) is 0 Å². The summed E-state index contributed by atoms with van der Waals surface area (Å²) in [6, 6.07) is 6.41. The minimum Gasteiger partial charge on any atom is -0.381 e. The van der Waals surface area contributed by atoms with E-state index in [0.717, 1.165) is 27.8 Å². The van der Waals surface area contributed by atoms with E-state index in [9.17, 15) is 0 Å². The topological polar surface area (TPSA) is 52.0 Å². The zero-order valence-electron chi connectivity index (χ0n) is 9.16. The van der Waals surface area contributed by atoms with E-state index in [2.05, 4.69) is 39.3 Å². The van der Waals surface area contributed by atoms with E-state index < -0.39 is 0 Å². The summed E-state index contributed by atoms with van der Waals surface area (Å²) in [4.78, 5) is 0. The molecule has 2 aliphatic carbocycles. The Kier molecular flexibility index (Phi) is 1.67. The molecule has 17 heavy (non-hydrogen) atoms. The summed E-state index contributed by atoms with van der Waals surface area (Å²) in [5, 5.41) is 3.91. The first-order valence-corrected chi connectivity index (χ1v) is 6.53. The van der Waals surface area contributed by atoms with Crippen molar-refractivity contribution in [2.75, 3.05) is 5.73 Å². The van der Waals surface area contributed by atoms with Crippen LogP contribution in [0.4, 0.5) is 5.82 Å². The number of anilines is 1. The van der Waals surface area contributed by atoms with E-state index >= 15 is 0 Å². The second kappa shape index (κ2) is 2.93. The number of fused-ring (bicyclic) bond motifs is 4. The minimum atomic E-state index is 0.308. The molecule has 2 aliphatic rings. The van der Waals surface area contributed by atoms with Crippen molar-refractivity contribution >= 4 is 21.7 Å². The van der Waals surface area contributed by atoms with Crippen molar-refractivity contribution in [1.29, 1.82) is 0 Å². The normalized spacial score (nSPS) is 18.9. The second-order valence-corrected chi connectivity index (χ2v) is 5.94. The fourth-order valence-corrected chi connectivity index (χ4v) is 3.26. The van der Waals surface area contributed by atoms with Crippen molar-refractivity contribution in [3.05, 3.63) is 33.8 Å². The third kappa shape index (κ3) is 1.19. The standard InChI is InChI=1S/C13H11BrN2O/c14-7-1-2-10-8(5-7)11-9(12(15)16-17-11)6-13(10)3-4-13/h1-2,5H,3-4,6H2,(H2,15,16). The Morgan fingerprint density at radius 1 is 1.35 bits per heavy atom. The number of benzene rings is 1. The zero-order chi connectivity index (χ0) is 11.6. The molecule has 2 aromatic rings. The highest BCUT2D eigenvalue weighted by molar-refractivity contribution is 9.10. The molecule has 0 saturated heterocycles. The third-order valence-electron chi connectivity index (χ3n) is 3.98. The molecule has 1 aromatic heterocycles. The molecule has 0 unspecified atom stereocenters. The molecule has 1 saturated carbocycles. The van der Waals surface area contributed by atoms with Crippen molar-refractivity contribution in [3.8, 4) is 11.3 Å². The molecule has 2 N–H and O–H groups in total. The van der Waals surface area contributed by atoms with Gasteiger partial charge in [-0.15, -0.1) is 0 Å². The van der Waals surface area contributed by atoms with Crippen LogP contribution in [0.1, 0.15) is 24.0 Å². The van der Waals surface area contributed by atoms with E-state index in [1.54, 1.807) is 0 Å². The number of aromatic nitrogens is 1. The number of rotatable bonds is 0. The van der Waals surface area contributed by atoms with Crippen molar-refractivity contribution in [2.45, 2.75) is 24.7 Å². The van der Waals surface area contributed by atoms with Gasteiger partial charge < -0.3 is 10.3 Å². The predicted molar refractivity (Wildman–Crippen MR) is 68.7 cm³/mol. The van der Waals surface area contributed by atoms with Crippen LogP contribution in [0.25, 0.3) is 11.3 Å². The lowest BCUT2D eigenvalue weighted by atomic mass is 9.79. The van der Waals surface area contributed by atoms with Gasteiger partial charge in [-0.2, -0.15) is 0 Å². The van der Waals surface area contributed by atoms with E-state index in [0.29, 0.717) is 11.2 Å². The monoisotopic (exact) mass is 290 g/mol. The Hall–Kier alpha value is -1.29. The Morgan fingerprint density at radius 2 is 2.18 bits per heavy atom. The molecule has 0 atom stereocenters. The largest absolute Gasteiger partial charge is 0.381 e. The van der Waals surface area contributed by atoms with Gasteiger partial charge >= 0.3 is 0 Å². The predicted octanol–water partition coefficient (Wildman–Crippen LogP) is 3.27. The van der Waals surface area contributed by atoms with Crippen molar-refractivity contribution < 1.29 is 4.52 Å². The quantitative estimate of drug-likeness (QED) is 0.810. The average molecular weight is 291 g/mol. The average Bonchev–Trinajstić information content (AvgIpc) is 2.98. The molecule has 1 spiro atoms. The van der Waals surface area contributed by atoms with Crippen LogP contribution in [0.3, 0.4) is 0 Å². The Morgan fingerprint density at radius 3 is 2.94 bits per heavy atom. The molecule has 86 valence electrons. The number of hydrogen-bond donors (Lipinski definition) is 1.